The summed E-state index contributed by atoms with van der Waals surface area (Å²) in [4.78, 5) is 26.0. The molecule has 0 bridgehead atoms. The van der Waals surface area contributed by atoms with Crippen LogP contribution in [-0.4, -0.2) is 77.3 Å². The molecule has 2 fully saturated rings. The Morgan fingerprint density at radius 3 is 2.38 bits per heavy atom. The number of piperidine rings is 1. The molecule has 9 nitrogen and oxygen atoms in total. The van der Waals surface area contributed by atoms with Crippen molar-refractivity contribution in [2.75, 3.05) is 44.2 Å². The van der Waals surface area contributed by atoms with E-state index in [0.717, 1.165) is 17.4 Å². The second kappa shape index (κ2) is 9.34. The van der Waals surface area contributed by atoms with Crippen molar-refractivity contribution in [2.24, 2.45) is 5.92 Å². The number of fused-ring (bicyclic) bond motifs is 1. The highest BCUT2D eigenvalue weighted by atomic mass is 32.2. The van der Waals surface area contributed by atoms with E-state index in [0.29, 0.717) is 63.0 Å². The van der Waals surface area contributed by atoms with E-state index in [1.165, 1.54) is 4.31 Å². The van der Waals surface area contributed by atoms with E-state index in [1.807, 2.05) is 23.2 Å². The maximum atomic E-state index is 13.3. The summed E-state index contributed by atoms with van der Waals surface area (Å²) >= 11 is 0. The molecule has 2 aromatic heterocycles. The number of aromatic nitrogens is 3. The molecule has 0 aliphatic carbocycles. The molecule has 0 unspecified atom stereocenters. The standard InChI is InChI=1S/C24H30N6O3S/c1-2-27-11-6-20-18-21(4-5-22(20)27)34(32,33)30-12-7-19(8-13-30)23(31)28-14-16-29(17-15-28)24-25-9-3-10-26-24/h3-6,9-11,18-19H,2,7-8,12-17H2,1H3. The maximum Gasteiger partial charge on any atom is 0.243 e. The smallest absolute Gasteiger partial charge is 0.243 e. The van der Waals surface area contributed by atoms with Crippen LogP contribution in [-0.2, 0) is 21.4 Å². The normalized spacial score (nSPS) is 18.5. The molecule has 2 aliphatic heterocycles. The molecule has 3 aromatic rings. The second-order valence-electron chi connectivity index (χ2n) is 8.86. The van der Waals surface area contributed by atoms with Crippen LogP contribution in [0.2, 0.25) is 0 Å². The van der Waals surface area contributed by atoms with Gasteiger partial charge < -0.3 is 14.4 Å². The minimum atomic E-state index is -3.58. The van der Waals surface area contributed by atoms with Crippen molar-refractivity contribution >= 4 is 32.8 Å². The molecular formula is C24H30N6O3S. The molecular weight excluding hydrogens is 452 g/mol. The molecule has 34 heavy (non-hydrogen) atoms. The first-order chi connectivity index (χ1) is 16.5. The Morgan fingerprint density at radius 1 is 1.00 bits per heavy atom. The Morgan fingerprint density at radius 2 is 1.71 bits per heavy atom. The van der Waals surface area contributed by atoms with Gasteiger partial charge in [0.15, 0.2) is 0 Å². The van der Waals surface area contributed by atoms with Gasteiger partial charge in [-0.05, 0) is 50.1 Å². The number of hydrogen-bond donors (Lipinski definition) is 0. The van der Waals surface area contributed by atoms with Crippen molar-refractivity contribution < 1.29 is 13.2 Å². The molecule has 4 heterocycles. The minimum Gasteiger partial charge on any atom is -0.348 e. The van der Waals surface area contributed by atoms with Crippen LogP contribution in [0, 0.1) is 5.92 Å². The Kier molecular flexibility index (Phi) is 6.26. The fraction of sp³-hybridized carbons (Fsp3) is 0.458. The van der Waals surface area contributed by atoms with Crippen molar-refractivity contribution in [2.45, 2.75) is 31.2 Å². The lowest BCUT2D eigenvalue weighted by atomic mass is 9.96. The molecule has 0 N–H and O–H groups in total. The molecule has 180 valence electrons. The Labute approximate surface area is 200 Å². The fourth-order valence-electron chi connectivity index (χ4n) is 4.95. The number of rotatable bonds is 5. The van der Waals surface area contributed by atoms with Gasteiger partial charge >= 0.3 is 0 Å². The highest BCUT2D eigenvalue weighted by Crippen LogP contribution is 2.28. The van der Waals surface area contributed by atoms with Crippen molar-refractivity contribution in [3.05, 3.63) is 48.9 Å². The summed E-state index contributed by atoms with van der Waals surface area (Å²) in [6.45, 7) is 6.30. The first kappa shape index (κ1) is 22.8. The van der Waals surface area contributed by atoms with Gasteiger partial charge in [-0.3, -0.25) is 4.79 Å². The maximum absolute atomic E-state index is 13.3. The largest absolute Gasteiger partial charge is 0.348 e. The summed E-state index contributed by atoms with van der Waals surface area (Å²) in [5, 5.41) is 0.924. The van der Waals surface area contributed by atoms with Gasteiger partial charge in [0, 0.05) is 81.2 Å². The molecule has 2 saturated heterocycles. The molecule has 0 saturated carbocycles. The van der Waals surface area contributed by atoms with Gasteiger partial charge in [0.05, 0.1) is 4.90 Å². The zero-order chi connectivity index (χ0) is 23.7. The molecule has 10 heteroatoms. The van der Waals surface area contributed by atoms with Gasteiger partial charge in [0.2, 0.25) is 21.9 Å². The Hall–Kier alpha value is -2.98. The van der Waals surface area contributed by atoms with Crippen LogP contribution < -0.4 is 4.90 Å². The number of aryl methyl sites for hydroxylation is 1. The van der Waals surface area contributed by atoms with Crippen molar-refractivity contribution in [3.8, 4) is 0 Å². The van der Waals surface area contributed by atoms with Crippen LogP contribution in [0.15, 0.2) is 53.8 Å². The third-order valence-corrected chi connectivity index (χ3v) is 8.85. The van der Waals surface area contributed by atoms with Crippen LogP contribution in [0.1, 0.15) is 19.8 Å². The van der Waals surface area contributed by atoms with E-state index in [-0.39, 0.29) is 11.8 Å². The Bertz CT molecular complexity index is 1260. The summed E-state index contributed by atoms with van der Waals surface area (Å²) in [5.41, 5.74) is 1.03. The summed E-state index contributed by atoms with van der Waals surface area (Å²) in [6.07, 6.45) is 6.52. The lowest BCUT2D eigenvalue weighted by molar-refractivity contribution is -0.137. The van der Waals surface area contributed by atoms with Gasteiger partial charge in [-0.25, -0.2) is 18.4 Å². The number of hydrogen-bond acceptors (Lipinski definition) is 6. The van der Waals surface area contributed by atoms with Crippen LogP contribution in [0.25, 0.3) is 10.9 Å². The average Bonchev–Trinajstić information content (AvgIpc) is 3.31. The highest BCUT2D eigenvalue weighted by molar-refractivity contribution is 7.89. The minimum absolute atomic E-state index is 0.132. The van der Waals surface area contributed by atoms with E-state index in [2.05, 4.69) is 26.4 Å². The molecule has 1 amide bonds. The van der Waals surface area contributed by atoms with Gasteiger partial charge in [-0.15, -0.1) is 0 Å². The Balaban J connectivity index is 1.19. The number of amides is 1. The van der Waals surface area contributed by atoms with E-state index < -0.39 is 10.0 Å². The number of anilines is 1. The van der Waals surface area contributed by atoms with E-state index in [1.54, 1.807) is 30.6 Å². The van der Waals surface area contributed by atoms with E-state index in [4.69, 9.17) is 0 Å². The van der Waals surface area contributed by atoms with Gasteiger partial charge in [0.1, 0.15) is 0 Å². The zero-order valence-corrected chi connectivity index (χ0v) is 20.2. The van der Waals surface area contributed by atoms with Crippen LogP contribution in [0.5, 0.6) is 0 Å². The highest BCUT2D eigenvalue weighted by Gasteiger charge is 2.35. The van der Waals surface area contributed by atoms with Crippen LogP contribution in [0.3, 0.4) is 0 Å². The third-order valence-electron chi connectivity index (χ3n) is 6.95. The van der Waals surface area contributed by atoms with Crippen LogP contribution >= 0.6 is 0 Å². The monoisotopic (exact) mass is 482 g/mol. The molecule has 0 radical (unpaired) electrons. The summed E-state index contributed by atoms with van der Waals surface area (Å²) in [6, 6.07) is 9.06. The van der Waals surface area contributed by atoms with Crippen molar-refractivity contribution in [1.82, 2.24) is 23.7 Å². The van der Waals surface area contributed by atoms with Gasteiger partial charge in [-0.1, -0.05) is 0 Å². The molecule has 0 spiro atoms. The quantitative estimate of drug-likeness (QED) is 0.554. The number of sulfonamides is 1. The SMILES string of the molecule is CCn1ccc2cc(S(=O)(=O)N3CCC(C(=O)N4CCN(c5ncccn5)CC4)CC3)ccc21. The van der Waals surface area contributed by atoms with E-state index >= 15 is 0 Å². The average molecular weight is 483 g/mol. The number of carbonyl (C=O) groups excluding carboxylic acids is 1. The summed E-state index contributed by atoms with van der Waals surface area (Å²) in [5.74, 6) is 0.692. The van der Waals surface area contributed by atoms with Crippen molar-refractivity contribution in [3.63, 3.8) is 0 Å². The topological polar surface area (TPSA) is 91.6 Å². The lowest BCUT2D eigenvalue weighted by Gasteiger charge is -2.38. The molecule has 5 rings (SSSR count). The van der Waals surface area contributed by atoms with Gasteiger partial charge in [0.25, 0.3) is 0 Å². The third kappa shape index (κ3) is 4.27. The fourth-order valence-corrected chi connectivity index (χ4v) is 6.45. The zero-order valence-electron chi connectivity index (χ0n) is 19.4. The van der Waals surface area contributed by atoms with Crippen LogP contribution in [0.4, 0.5) is 5.95 Å². The number of carbonyl (C=O) groups is 1. The molecule has 2 aliphatic rings. The predicted octanol–water partition coefficient (Wildman–Crippen LogP) is 2.20. The number of benzene rings is 1. The first-order valence-electron chi connectivity index (χ1n) is 11.9. The van der Waals surface area contributed by atoms with Gasteiger partial charge in [-0.2, -0.15) is 4.31 Å². The molecule has 0 atom stereocenters. The first-order valence-corrected chi connectivity index (χ1v) is 13.3. The number of piperazine rings is 1. The second-order valence-corrected chi connectivity index (χ2v) is 10.8. The summed E-state index contributed by atoms with van der Waals surface area (Å²) < 4.78 is 30.1. The van der Waals surface area contributed by atoms with E-state index in [9.17, 15) is 13.2 Å². The number of nitrogens with zero attached hydrogens (tertiary/aromatic N) is 6. The lowest BCUT2D eigenvalue weighted by Crippen LogP contribution is -2.52. The summed E-state index contributed by atoms with van der Waals surface area (Å²) in [7, 11) is -3.58. The molecule has 1 aromatic carbocycles. The van der Waals surface area contributed by atoms with Crippen molar-refractivity contribution in [1.29, 1.82) is 0 Å². The predicted molar refractivity (Wildman–Crippen MR) is 130 cm³/mol.